The van der Waals surface area contributed by atoms with Gasteiger partial charge in [-0.1, -0.05) is 6.92 Å². The quantitative estimate of drug-likeness (QED) is 0.807. The summed E-state index contributed by atoms with van der Waals surface area (Å²) in [4.78, 5) is 16.0. The second-order valence-electron chi connectivity index (χ2n) is 4.09. The van der Waals surface area contributed by atoms with Crippen molar-refractivity contribution in [3.8, 4) is 0 Å². The van der Waals surface area contributed by atoms with Crippen molar-refractivity contribution in [2.75, 3.05) is 13.6 Å². The molecule has 1 amide bonds. The monoisotopic (exact) mass is 327 g/mol. The Kier molecular flexibility index (Phi) is 12.6. The van der Waals surface area contributed by atoms with E-state index >= 15 is 0 Å². The van der Waals surface area contributed by atoms with Crippen molar-refractivity contribution in [3.05, 3.63) is 16.1 Å². The number of amides is 1. The first-order chi connectivity index (χ1) is 8.15. The Morgan fingerprint density at radius 3 is 2.68 bits per heavy atom. The molecular formula is C12H23Cl2N3OS. The zero-order valence-electron chi connectivity index (χ0n) is 11.6. The molecule has 0 aliphatic rings. The number of hydrogen-bond donors (Lipinski definition) is 2. The number of carbonyl (C=O) groups excluding carboxylic acids is 1. The highest BCUT2D eigenvalue weighted by Gasteiger charge is 2.07. The summed E-state index contributed by atoms with van der Waals surface area (Å²) in [6.07, 6.45) is 2.27. The lowest BCUT2D eigenvalue weighted by Gasteiger charge is -2.10. The van der Waals surface area contributed by atoms with Gasteiger partial charge in [0.15, 0.2) is 0 Å². The summed E-state index contributed by atoms with van der Waals surface area (Å²) in [7, 11) is 1.92. The number of nitrogens with zero attached hydrogens (tertiary/aromatic N) is 1. The molecule has 2 N–H and O–H groups in total. The van der Waals surface area contributed by atoms with Crippen molar-refractivity contribution in [1.29, 1.82) is 0 Å². The van der Waals surface area contributed by atoms with Gasteiger partial charge in [-0.15, -0.1) is 36.2 Å². The molecule has 0 spiro atoms. The third-order valence-electron chi connectivity index (χ3n) is 2.64. The molecule has 19 heavy (non-hydrogen) atoms. The van der Waals surface area contributed by atoms with E-state index in [9.17, 15) is 4.79 Å². The van der Waals surface area contributed by atoms with Crippen LogP contribution in [0.1, 0.15) is 31.0 Å². The summed E-state index contributed by atoms with van der Waals surface area (Å²) < 4.78 is 0. The van der Waals surface area contributed by atoms with Crippen LogP contribution in [-0.2, 0) is 17.6 Å². The molecule has 0 bridgehead atoms. The van der Waals surface area contributed by atoms with Crippen LogP contribution in [-0.4, -0.2) is 30.5 Å². The van der Waals surface area contributed by atoms with Crippen LogP contribution < -0.4 is 10.6 Å². The second kappa shape index (κ2) is 11.5. The fourth-order valence-corrected chi connectivity index (χ4v) is 2.14. The predicted octanol–water partition coefficient (Wildman–Crippen LogP) is 2.21. The van der Waals surface area contributed by atoms with Crippen LogP contribution in [0.4, 0.5) is 0 Å². The van der Waals surface area contributed by atoms with Crippen molar-refractivity contribution < 1.29 is 4.79 Å². The van der Waals surface area contributed by atoms with E-state index in [1.54, 1.807) is 11.3 Å². The minimum atomic E-state index is 0. The minimum absolute atomic E-state index is 0. The number of thiazole rings is 1. The van der Waals surface area contributed by atoms with E-state index in [1.807, 2.05) is 12.4 Å². The first-order valence-electron chi connectivity index (χ1n) is 6.03. The Morgan fingerprint density at radius 1 is 1.47 bits per heavy atom. The van der Waals surface area contributed by atoms with E-state index in [4.69, 9.17) is 0 Å². The maximum atomic E-state index is 11.6. The maximum Gasteiger partial charge on any atom is 0.226 e. The molecule has 0 aromatic carbocycles. The molecule has 4 nitrogen and oxygen atoms in total. The van der Waals surface area contributed by atoms with Gasteiger partial charge in [-0.3, -0.25) is 4.79 Å². The van der Waals surface area contributed by atoms with Gasteiger partial charge >= 0.3 is 0 Å². The highest BCUT2D eigenvalue weighted by atomic mass is 35.5. The van der Waals surface area contributed by atoms with Crippen LogP contribution in [0.15, 0.2) is 5.38 Å². The lowest BCUT2D eigenvalue weighted by atomic mass is 10.2. The smallest absolute Gasteiger partial charge is 0.226 e. The van der Waals surface area contributed by atoms with Gasteiger partial charge < -0.3 is 10.6 Å². The van der Waals surface area contributed by atoms with E-state index in [2.05, 4.69) is 29.5 Å². The lowest BCUT2D eigenvalue weighted by molar-refractivity contribution is -0.120. The number of nitrogens with one attached hydrogen (secondary N) is 2. The van der Waals surface area contributed by atoms with E-state index in [0.717, 1.165) is 23.5 Å². The fraction of sp³-hybridized carbons (Fsp3) is 0.667. The fourth-order valence-electron chi connectivity index (χ4n) is 1.39. The molecule has 0 aliphatic heterocycles. The number of halogens is 2. The average molecular weight is 328 g/mol. The molecule has 0 saturated carbocycles. The predicted molar refractivity (Wildman–Crippen MR) is 85.8 cm³/mol. The Labute approximate surface area is 131 Å². The molecule has 1 unspecified atom stereocenters. The first kappa shape index (κ1) is 20.9. The Balaban J connectivity index is 0. The van der Waals surface area contributed by atoms with Gasteiger partial charge in [-0.2, -0.15) is 0 Å². The molecule has 1 aromatic heterocycles. The van der Waals surface area contributed by atoms with E-state index < -0.39 is 0 Å². The molecule has 1 rings (SSSR count). The Bertz CT molecular complexity index is 360. The summed E-state index contributed by atoms with van der Waals surface area (Å²) in [6.45, 7) is 4.88. The van der Waals surface area contributed by atoms with Crippen LogP contribution in [0, 0.1) is 0 Å². The summed E-state index contributed by atoms with van der Waals surface area (Å²) in [6, 6.07) is 0.432. The first-order valence-corrected chi connectivity index (χ1v) is 6.91. The average Bonchev–Trinajstić information content (AvgIpc) is 2.76. The highest BCUT2D eigenvalue weighted by molar-refractivity contribution is 7.09. The highest BCUT2D eigenvalue weighted by Crippen LogP contribution is 2.10. The van der Waals surface area contributed by atoms with Crippen molar-refractivity contribution >= 4 is 42.1 Å². The van der Waals surface area contributed by atoms with Crippen LogP contribution in [0.3, 0.4) is 0 Å². The number of rotatable bonds is 7. The normalized spacial score (nSPS) is 11.1. The minimum Gasteiger partial charge on any atom is -0.356 e. The number of hydrogen-bond acceptors (Lipinski definition) is 4. The van der Waals surface area contributed by atoms with Crippen LogP contribution in [0.25, 0.3) is 0 Å². The van der Waals surface area contributed by atoms with Gasteiger partial charge in [0.25, 0.3) is 0 Å². The van der Waals surface area contributed by atoms with Crippen LogP contribution in [0.5, 0.6) is 0 Å². The summed E-state index contributed by atoms with van der Waals surface area (Å²) in [5.74, 6) is 0.0567. The van der Waals surface area contributed by atoms with E-state index in [-0.39, 0.29) is 30.7 Å². The van der Waals surface area contributed by atoms with Crippen molar-refractivity contribution in [3.63, 3.8) is 0 Å². The zero-order valence-corrected chi connectivity index (χ0v) is 14.0. The largest absolute Gasteiger partial charge is 0.356 e. The standard InChI is InChI=1S/C12H21N3OS.2ClH/c1-4-12-15-10(8-17-12)7-11(16)14-6-5-9(2)13-3;;/h8-9,13H,4-7H2,1-3H3,(H,14,16);2*1H. The number of carbonyl (C=O) groups is 1. The maximum absolute atomic E-state index is 11.6. The van der Waals surface area contributed by atoms with Gasteiger partial charge in [0.2, 0.25) is 5.91 Å². The van der Waals surface area contributed by atoms with E-state index in [1.165, 1.54) is 0 Å². The lowest BCUT2D eigenvalue weighted by Crippen LogP contribution is -2.31. The molecule has 1 heterocycles. The van der Waals surface area contributed by atoms with Crippen molar-refractivity contribution in [2.24, 2.45) is 0 Å². The van der Waals surface area contributed by atoms with E-state index in [0.29, 0.717) is 19.0 Å². The Morgan fingerprint density at radius 2 is 2.16 bits per heavy atom. The van der Waals surface area contributed by atoms with Crippen LogP contribution in [0.2, 0.25) is 0 Å². The Hall–Kier alpha value is -0.360. The van der Waals surface area contributed by atoms with Gasteiger partial charge in [0.1, 0.15) is 0 Å². The molecule has 1 atom stereocenters. The third kappa shape index (κ3) is 8.42. The number of aryl methyl sites for hydroxylation is 1. The van der Waals surface area contributed by atoms with Crippen molar-refractivity contribution in [1.82, 2.24) is 15.6 Å². The number of aromatic nitrogens is 1. The topological polar surface area (TPSA) is 54.0 Å². The summed E-state index contributed by atoms with van der Waals surface area (Å²) >= 11 is 1.62. The summed E-state index contributed by atoms with van der Waals surface area (Å²) in [5, 5.41) is 9.11. The molecule has 0 aliphatic carbocycles. The molecule has 0 saturated heterocycles. The van der Waals surface area contributed by atoms with Gasteiger partial charge in [-0.25, -0.2) is 4.98 Å². The third-order valence-corrected chi connectivity index (χ3v) is 3.68. The molecule has 7 heteroatoms. The van der Waals surface area contributed by atoms with Gasteiger partial charge in [-0.05, 0) is 26.8 Å². The molecular weight excluding hydrogens is 305 g/mol. The summed E-state index contributed by atoms with van der Waals surface area (Å²) in [5.41, 5.74) is 0.881. The van der Waals surface area contributed by atoms with Gasteiger partial charge in [0, 0.05) is 18.0 Å². The molecule has 1 aromatic rings. The zero-order chi connectivity index (χ0) is 12.7. The SMILES string of the molecule is CCc1nc(CC(=O)NCCC(C)NC)cs1.Cl.Cl. The van der Waals surface area contributed by atoms with Gasteiger partial charge in [0.05, 0.1) is 17.1 Å². The van der Waals surface area contributed by atoms with Crippen LogP contribution >= 0.6 is 36.2 Å². The molecule has 0 radical (unpaired) electrons. The molecule has 112 valence electrons. The second-order valence-corrected chi connectivity index (χ2v) is 5.03. The molecule has 0 fully saturated rings. The van der Waals surface area contributed by atoms with Crippen molar-refractivity contribution in [2.45, 2.75) is 39.2 Å².